The van der Waals surface area contributed by atoms with Gasteiger partial charge in [0.25, 0.3) is 0 Å². The van der Waals surface area contributed by atoms with Crippen LogP contribution in [0, 0.1) is 13.8 Å². The monoisotopic (exact) mass is 667 g/mol. The molecule has 0 fully saturated rings. The molecule has 5 heteroatoms. The van der Waals surface area contributed by atoms with Crippen molar-refractivity contribution in [2.75, 3.05) is 33.7 Å². The maximum absolute atomic E-state index is 12.0. The van der Waals surface area contributed by atoms with Gasteiger partial charge in [0.1, 0.15) is 11.5 Å². The number of rotatable bonds is 12. The summed E-state index contributed by atoms with van der Waals surface area (Å²) in [5, 5.41) is 26.3. The third-order valence-corrected chi connectivity index (χ3v) is 10.1. The molecule has 0 saturated carbocycles. The average Bonchev–Trinajstić information content (AvgIpc) is 3.42. The van der Waals surface area contributed by atoms with Crippen LogP contribution in [0.15, 0.2) is 91.0 Å². The summed E-state index contributed by atoms with van der Waals surface area (Å²) in [6, 6.07) is 31.9. The molecule has 50 heavy (non-hydrogen) atoms. The van der Waals surface area contributed by atoms with Crippen LogP contribution in [0.25, 0.3) is 38.6 Å². The lowest BCUT2D eigenvalue weighted by Gasteiger charge is -2.27. The summed E-state index contributed by atoms with van der Waals surface area (Å²) in [4.78, 5) is 4.62. The van der Waals surface area contributed by atoms with Gasteiger partial charge in [-0.15, -0.1) is 0 Å². The highest BCUT2D eigenvalue weighted by molar-refractivity contribution is 6.09. The average molecular weight is 668 g/mol. The number of phenolic OH excluding ortho intramolecular Hbond substituents is 2. The molecule has 2 N–H and O–H groups in total. The molecule has 0 aliphatic heterocycles. The number of hydrogen-bond acceptors (Lipinski definition) is 4. The molecule has 0 atom stereocenters. The number of aromatic hydroxyl groups is 2. The first kappa shape index (κ1) is 35.3. The number of likely N-dealkylation sites (N-methyl/N-ethyl adjacent to an activating group) is 1. The molecule has 0 bridgehead atoms. The summed E-state index contributed by atoms with van der Waals surface area (Å²) in [5.74, 6) is 1.35. The van der Waals surface area contributed by atoms with Gasteiger partial charge in [0.15, 0.2) is 0 Å². The minimum absolute atomic E-state index is 0.321. The number of aryl methyl sites for hydroxylation is 2. The molecule has 5 nitrogen and oxygen atoms in total. The van der Waals surface area contributed by atoms with Crippen LogP contribution in [0.4, 0.5) is 0 Å². The zero-order valence-electron chi connectivity index (χ0n) is 31.1. The van der Waals surface area contributed by atoms with E-state index < -0.39 is 0 Å². The van der Waals surface area contributed by atoms with Gasteiger partial charge in [-0.05, 0) is 104 Å². The second-order valence-electron chi connectivity index (χ2n) is 14.9. The van der Waals surface area contributed by atoms with Gasteiger partial charge in [-0.25, -0.2) is 0 Å². The quantitative estimate of drug-likeness (QED) is 0.136. The van der Waals surface area contributed by atoms with E-state index >= 15 is 0 Å². The van der Waals surface area contributed by atoms with Crippen molar-refractivity contribution < 1.29 is 10.2 Å². The molecule has 0 radical (unpaired) electrons. The fourth-order valence-electron chi connectivity index (χ4n) is 7.53. The largest absolute Gasteiger partial charge is 0.507 e. The molecule has 6 aromatic rings. The van der Waals surface area contributed by atoms with Gasteiger partial charge in [-0.1, -0.05) is 94.4 Å². The number of aromatic nitrogens is 1. The molecule has 0 saturated heterocycles. The van der Waals surface area contributed by atoms with Crippen LogP contribution in [0.3, 0.4) is 0 Å². The summed E-state index contributed by atoms with van der Waals surface area (Å²) in [6.45, 7) is 16.2. The van der Waals surface area contributed by atoms with Gasteiger partial charge in [-0.2, -0.15) is 0 Å². The zero-order chi connectivity index (χ0) is 35.7. The molecule has 0 aliphatic rings. The third kappa shape index (κ3) is 7.03. The van der Waals surface area contributed by atoms with E-state index in [0.29, 0.717) is 36.3 Å². The Labute approximate surface area is 298 Å². The lowest BCUT2D eigenvalue weighted by molar-refractivity contribution is 0.233. The predicted octanol–water partition coefficient (Wildman–Crippen LogP) is 10.3. The smallest absolute Gasteiger partial charge is 0.142 e. The third-order valence-electron chi connectivity index (χ3n) is 10.1. The van der Waals surface area contributed by atoms with Gasteiger partial charge in [0, 0.05) is 48.1 Å². The fraction of sp³-hybridized carbons (Fsp3) is 0.333. The molecule has 0 unspecified atom stereocenters. The van der Waals surface area contributed by atoms with Gasteiger partial charge < -0.3 is 19.7 Å². The zero-order valence-corrected chi connectivity index (χ0v) is 31.1. The van der Waals surface area contributed by atoms with Crippen LogP contribution in [0.1, 0.15) is 72.9 Å². The Hall–Kier alpha value is -4.58. The van der Waals surface area contributed by atoms with E-state index in [1.165, 1.54) is 27.5 Å². The molecule has 6 rings (SSSR count). The van der Waals surface area contributed by atoms with E-state index in [4.69, 9.17) is 0 Å². The van der Waals surface area contributed by atoms with Crippen LogP contribution in [-0.2, 0) is 13.0 Å². The van der Waals surface area contributed by atoms with Crippen molar-refractivity contribution in [2.45, 2.75) is 66.3 Å². The van der Waals surface area contributed by atoms with E-state index in [2.05, 4.69) is 161 Å². The number of phenols is 2. The van der Waals surface area contributed by atoms with Gasteiger partial charge >= 0.3 is 0 Å². The summed E-state index contributed by atoms with van der Waals surface area (Å²) < 4.78 is 2.20. The van der Waals surface area contributed by atoms with Crippen LogP contribution in [0.5, 0.6) is 11.5 Å². The number of para-hydroxylation sites is 2. The van der Waals surface area contributed by atoms with Crippen molar-refractivity contribution in [3.63, 3.8) is 0 Å². The summed E-state index contributed by atoms with van der Waals surface area (Å²) in [5.41, 5.74) is 11.7. The van der Waals surface area contributed by atoms with Gasteiger partial charge in [0.05, 0.1) is 16.7 Å². The molecular weight excluding hydrogens is 615 g/mol. The van der Waals surface area contributed by atoms with Gasteiger partial charge in [0.2, 0.25) is 0 Å². The first-order valence-corrected chi connectivity index (χ1v) is 18.1. The summed E-state index contributed by atoms with van der Waals surface area (Å²) in [6.07, 6.45) is 0.679. The second kappa shape index (κ2) is 14.7. The summed E-state index contributed by atoms with van der Waals surface area (Å²) in [7, 11) is 4.20. The van der Waals surface area contributed by atoms with E-state index in [9.17, 15) is 10.2 Å². The molecule has 5 aromatic carbocycles. The van der Waals surface area contributed by atoms with Crippen LogP contribution in [0.2, 0.25) is 0 Å². The van der Waals surface area contributed by atoms with Crippen LogP contribution >= 0.6 is 0 Å². The van der Waals surface area contributed by atoms with Crippen LogP contribution in [-0.4, -0.2) is 58.3 Å². The van der Waals surface area contributed by atoms with Crippen molar-refractivity contribution in [3.8, 4) is 28.3 Å². The Morgan fingerprint density at radius 3 is 1.76 bits per heavy atom. The normalized spacial score (nSPS) is 12.1. The molecule has 1 heterocycles. The molecule has 0 aliphatic carbocycles. The maximum atomic E-state index is 12.0. The highest BCUT2D eigenvalue weighted by atomic mass is 16.3. The highest BCUT2D eigenvalue weighted by Crippen LogP contribution is 2.43. The van der Waals surface area contributed by atoms with Gasteiger partial charge in [-0.3, -0.25) is 4.90 Å². The Kier molecular flexibility index (Phi) is 10.4. The Balaban J connectivity index is 1.36. The maximum Gasteiger partial charge on any atom is 0.142 e. The van der Waals surface area contributed by atoms with E-state index in [1.807, 2.05) is 0 Å². The van der Waals surface area contributed by atoms with E-state index in [-0.39, 0.29) is 0 Å². The number of hydrogen-bond donors (Lipinski definition) is 2. The van der Waals surface area contributed by atoms with Crippen molar-refractivity contribution in [2.24, 2.45) is 0 Å². The Morgan fingerprint density at radius 1 is 0.620 bits per heavy atom. The Morgan fingerprint density at radius 2 is 1.18 bits per heavy atom. The SMILES string of the molecule is Cc1cc(CN(CCc2cc(C)cc(-n3c4ccccc4c4ccccc43)c2O)CCN(C)C)c(O)c(-c2c(C(C)C)cccc2C(C)C)c1. The molecule has 0 amide bonds. The minimum atomic E-state index is 0.321. The van der Waals surface area contributed by atoms with Crippen molar-refractivity contribution in [1.29, 1.82) is 0 Å². The minimum Gasteiger partial charge on any atom is -0.507 e. The lowest BCUT2D eigenvalue weighted by Crippen LogP contribution is -2.33. The predicted molar refractivity (Wildman–Crippen MR) is 211 cm³/mol. The van der Waals surface area contributed by atoms with Crippen molar-refractivity contribution in [3.05, 3.63) is 124 Å². The molecule has 1 aromatic heterocycles. The van der Waals surface area contributed by atoms with Crippen molar-refractivity contribution >= 4 is 21.8 Å². The van der Waals surface area contributed by atoms with E-state index in [0.717, 1.165) is 64.2 Å². The molecule has 260 valence electrons. The second-order valence-corrected chi connectivity index (χ2v) is 14.9. The number of benzene rings is 5. The van der Waals surface area contributed by atoms with E-state index in [1.54, 1.807) is 0 Å². The number of nitrogens with zero attached hydrogens (tertiary/aromatic N) is 3. The highest BCUT2D eigenvalue weighted by Gasteiger charge is 2.22. The topological polar surface area (TPSA) is 51.9 Å². The van der Waals surface area contributed by atoms with Crippen LogP contribution < -0.4 is 0 Å². The fourth-order valence-corrected chi connectivity index (χ4v) is 7.53. The summed E-state index contributed by atoms with van der Waals surface area (Å²) >= 11 is 0. The first-order chi connectivity index (χ1) is 23.9. The Bertz CT molecular complexity index is 2060. The standard InChI is InChI=1S/C45H53N3O2/c1-29(2)35-16-13-17-36(30(3)4)43(35)39-26-31(5)25-34(44(39)49)28-47(23-22-46(7)8)21-20-33-24-32(6)27-42(45(33)50)48-40-18-11-9-14-37(40)38-15-10-12-19-41(38)48/h9-19,24-27,29-30,49-50H,20-23,28H2,1-8H3. The van der Waals surface area contributed by atoms with Crippen molar-refractivity contribution in [1.82, 2.24) is 14.4 Å². The number of fused-ring (bicyclic) bond motifs is 3. The lowest BCUT2D eigenvalue weighted by atomic mass is 9.83. The first-order valence-electron chi connectivity index (χ1n) is 18.1. The molecule has 0 spiro atoms. The molecular formula is C45H53N3O2.